The number of aldehydes is 1. The van der Waals surface area contributed by atoms with Crippen LogP contribution in [0.15, 0.2) is 23.8 Å². The first kappa shape index (κ1) is 10.5. The topological polar surface area (TPSA) is 37.4 Å². The van der Waals surface area contributed by atoms with E-state index in [0.29, 0.717) is 23.4 Å². The average Bonchev–Trinajstić information content (AvgIpc) is 2.70. The van der Waals surface area contributed by atoms with E-state index in [0.717, 1.165) is 17.5 Å². The number of carbonyl (C=O) groups is 2. The molecule has 0 spiro atoms. The summed E-state index contributed by atoms with van der Waals surface area (Å²) in [6.07, 6.45) is 3.87. The number of halogens is 1. The summed E-state index contributed by atoms with van der Waals surface area (Å²) >= 11 is 5.93. The fourth-order valence-corrected chi connectivity index (χ4v) is 2.73. The molecular formula is C13H10ClNO2. The van der Waals surface area contributed by atoms with Crippen LogP contribution >= 0.6 is 11.6 Å². The first-order valence-corrected chi connectivity index (χ1v) is 5.87. The van der Waals surface area contributed by atoms with Crippen LogP contribution in [-0.4, -0.2) is 18.2 Å². The van der Waals surface area contributed by atoms with E-state index in [-0.39, 0.29) is 11.9 Å². The molecule has 2 aliphatic heterocycles. The largest absolute Gasteiger partial charge is 0.304 e. The Balaban J connectivity index is 2.21. The van der Waals surface area contributed by atoms with Crippen LogP contribution in [0.3, 0.4) is 0 Å². The number of anilines is 1. The number of amides is 1. The van der Waals surface area contributed by atoms with E-state index >= 15 is 0 Å². The molecule has 0 unspecified atom stereocenters. The highest BCUT2D eigenvalue weighted by Crippen LogP contribution is 2.38. The molecule has 1 fully saturated rings. The second kappa shape index (κ2) is 3.70. The zero-order chi connectivity index (χ0) is 12.0. The third-order valence-corrected chi connectivity index (χ3v) is 3.54. The number of hydrogen-bond acceptors (Lipinski definition) is 2. The van der Waals surface area contributed by atoms with Crippen molar-refractivity contribution in [1.29, 1.82) is 0 Å². The van der Waals surface area contributed by atoms with Crippen LogP contribution < -0.4 is 4.90 Å². The quantitative estimate of drug-likeness (QED) is 0.715. The van der Waals surface area contributed by atoms with Crippen LogP contribution in [0.5, 0.6) is 0 Å². The molecule has 0 aliphatic carbocycles. The highest BCUT2D eigenvalue weighted by atomic mass is 35.5. The molecule has 0 bridgehead atoms. The van der Waals surface area contributed by atoms with Crippen molar-refractivity contribution < 1.29 is 9.59 Å². The first-order chi connectivity index (χ1) is 8.20. The van der Waals surface area contributed by atoms with Gasteiger partial charge in [-0.25, -0.2) is 0 Å². The molecule has 17 heavy (non-hydrogen) atoms. The van der Waals surface area contributed by atoms with Gasteiger partial charge < -0.3 is 4.90 Å². The normalized spacial score (nSPS) is 21.9. The molecule has 2 aliphatic rings. The van der Waals surface area contributed by atoms with Gasteiger partial charge in [-0.2, -0.15) is 0 Å². The van der Waals surface area contributed by atoms with E-state index in [1.165, 1.54) is 0 Å². The Morgan fingerprint density at radius 1 is 1.41 bits per heavy atom. The van der Waals surface area contributed by atoms with Crippen LogP contribution in [0.25, 0.3) is 6.08 Å². The summed E-state index contributed by atoms with van der Waals surface area (Å²) in [7, 11) is 0. The summed E-state index contributed by atoms with van der Waals surface area (Å²) in [5.74, 6) is 0.0750. The van der Waals surface area contributed by atoms with Gasteiger partial charge in [0.05, 0.1) is 11.7 Å². The summed E-state index contributed by atoms with van der Waals surface area (Å²) in [6, 6.07) is 5.30. The minimum atomic E-state index is -0.0892. The van der Waals surface area contributed by atoms with Crippen molar-refractivity contribution in [2.24, 2.45) is 0 Å². The summed E-state index contributed by atoms with van der Waals surface area (Å²) in [5.41, 5.74) is 2.35. The third-order valence-electron chi connectivity index (χ3n) is 3.30. The SMILES string of the molecule is O=CC1=Cc2cc(Cl)ccc2N2C(=O)CC[C@H]12. The highest BCUT2D eigenvalue weighted by molar-refractivity contribution is 6.31. The fraction of sp³-hybridized carbons (Fsp3) is 0.231. The van der Waals surface area contributed by atoms with Gasteiger partial charge in [-0.15, -0.1) is 0 Å². The zero-order valence-corrected chi connectivity index (χ0v) is 9.78. The third kappa shape index (κ3) is 1.50. The predicted octanol–water partition coefficient (Wildman–Crippen LogP) is 2.43. The van der Waals surface area contributed by atoms with Crippen LogP contribution in [0.2, 0.25) is 5.02 Å². The molecule has 0 aromatic heterocycles. The van der Waals surface area contributed by atoms with E-state index in [1.54, 1.807) is 17.0 Å². The van der Waals surface area contributed by atoms with Crippen molar-refractivity contribution in [3.05, 3.63) is 34.4 Å². The van der Waals surface area contributed by atoms with Gasteiger partial charge in [0.2, 0.25) is 5.91 Å². The van der Waals surface area contributed by atoms with Gasteiger partial charge in [0.25, 0.3) is 0 Å². The fourth-order valence-electron chi connectivity index (χ4n) is 2.55. The molecule has 2 heterocycles. The Bertz CT molecular complexity index is 550. The molecule has 0 saturated carbocycles. The monoisotopic (exact) mass is 247 g/mol. The molecular weight excluding hydrogens is 238 g/mol. The lowest BCUT2D eigenvalue weighted by Gasteiger charge is -2.30. The first-order valence-electron chi connectivity index (χ1n) is 5.49. The van der Waals surface area contributed by atoms with Gasteiger partial charge in [0, 0.05) is 22.6 Å². The van der Waals surface area contributed by atoms with Crippen LogP contribution in [0, 0.1) is 0 Å². The molecule has 1 saturated heterocycles. The van der Waals surface area contributed by atoms with E-state index in [4.69, 9.17) is 11.6 Å². The second-order valence-electron chi connectivity index (χ2n) is 4.28. The number of hydrogen-bond donors (Lipinski definition) is 0. The van der Waals surface area contributed by atoms with Gasteiger partial charge in [-0.1, -0.05) is 11.6 Å². The number of fused-ring (bicyclic) bond motifs is 3. The molecule has 4 heteroatoms. The van der Waals surface area contributed by atoms with E-state index in [1.807, 2.05) is 12.1 Å². The summed E-state index contributed by atoms with van der Waals surface area (Å²) < 4.78 is 0. The standard InChI is InChI=1S/C13H10ClNO2/c14-10-1-2-11-8(6-10)5-9(7-16)12-3-4-13(17)15(11)12/h1-2,5-7,12H,3-4H2/t12-/m1/s1. The smallest absolute Gasteiger partial charge is 0.227 e. The van der Waals surface area contributed by atoms with Gasteiger partial charge in [-0.3, -0.25) is 9.59 Å². The molecule has 3 nitrogen and oxygen atoms in total. The molecule has 1 aromatic rings. The van der Waals surface area contributed by atoms with Crippen LogP contribution in [0.4, 0.5) is 5.69 Å². The second-order valence-corrected chi connectivity index (χ2v) is 4.72. The molecule has 3 rings (SSSR count). The Morgan fingerprint density at radius 2 is 2.24 bits per heavy atom. The summed E-state index contributed by atoms with van der Waals surface area (Å²) in [5, 5.41) is 0.607. The minimum absolute atomic E-state index is 0.0750. The maximum Gasteiger partial charge on any atom is 0.227 e. The van der Waals surface area contributed by atoms with E-state index < -0.39 is 0 Å². The summed E-state index contributed by atoms with van der Waals surface area (Å²) in [4.78, 5) is 24.6. The van der Waals surface area contributed by atoms with Gasteiger partial charge in [0.15, 0.2) is 0 Å². The maximum absolute atomic E-state index is 11.9. The van der Waals surface area contributed by atoms with Crippen molar-refractivity contribution in [2.45, 2.75) is 18.9 Å². The molecule has 0 radical (unpaired) electrons. The van der Waals surface area contributed by atoms with Crippen LogP contribution in [-0.2, 0) is 9.59 Å². The molecule has 1 aromatic carbocycles. The molecule has 0 N–H and O–H groups in total. The van der Waals surface area contributed by atoms with Crippen molar-refractivity contribution in [2.75, 3.05) is 4.90 Å². The average molecular weight is 248 g/mol. The van der Waals surface area contributed by atoms with Crippen molar-refractivity contribution >= 4 is 35.6 Å². The number of carbonyl (C=O) groups excluding carboxylic acids is 2. The van der Waals surface area contributed by atoms with Crippen molar-refractivity contribution in [1.82, 2.24) is 0 Å². The molecule has 1 atom stereocenters. The van der Waals surface area contributed by atoms with Gasteiger partial charge in [0.1, 0.15) is 6.29 Å². The Hall–Kier alpha value is -1.61. The van der Waals surface area contributed by atoms with E-state index in [2.05, 4.69) is 0 Å². The van der Waals surface area contributed by atoms with Crippen molar-refractivity contribution in [3.63, 3.8) is 0 Å². The molecule has 1 amide bonds. The Labute approximate surface area is 104 Å². The van der Waals surface area contributed by atoms with Crippen LogP contribution in [0.1, 0.15) is 18.4 Å². The van der Waals surface area contributed by atoms with E-state index in [9.17, 15) is 9.59 Å². The lowest BCUT2D eigenvalue weighted by atomic mass is 9.97. The highest BCUT2D eigenvalue weighted by Gasteiger charge is 2.37. The number of benzene rings is 1. The van der Waals surface area contributed by atoms with Gasteiger partial charge >= 0.3 is 0 Å². The zero-order valence-electron chi connectivity index (χ0n) is 9.02. The minimum Gasteiger partial charge on any atom is -0.304 e. The Morgan fingerprint density at radius 3 is 3.00 bits per heavy atom. The number of rotatable bonds is 1. The predicted molar refractivity (Wildman–Crippen MR) is 66.0 cm³/mol. The Kier molecular flexibility index (Phi) is 2.30. The van der Waals surface area contributed by atoms with Crippen molar-refractivity contribution in [3.8, 4) is 0 Å². The molecule has 86 valence electrons. The lowest BCUT2D eigenvalue weighted by molar-refractivity contribution is -0.117. The number of nitrogens with zero attached hydrogens (tertiary/aromatic N) is 1. The maximum atomic E-state index is 11.9. The lowest BCUT2D eigenvalue weighted by Crippen LogP contribution is -2.37. The summed E-state index contributed by atoms with van der Waals surface area (Å²) in [6.45, 7) is 0. The van der Waals surface area contributed by atoms with Gasteiger partial charge in [-0.05, 0) is 30.7 Å².